The number of carbonyl (C=O) groups excluding carboxylic acids is 2. The van der Waals surface area contributed by atoms with Crippen LogP contribution in [0.3, 0.4) is 0 Å². The normalized spacial score (nSPS) is 17.6. The highest BCUT2D eigenvalue weighted by molar-refractivity contribution is 7.98. The molecular formula is C25H28FN5O3S. The summed E-state index contributed by atoms with van der Waals surface area (Å²) in [6.45, 7) is 1.89. The van der Waals surface area contributed by atoms with E-state index in [1.165, 1.54) is 0 Å². The lowest BCUT2D eigenvalue weighted by molar-refractivity contribution is 0.0887. The average Bonchev–Trinajstić information content (AvgIpc) is 3.19. The minimum absolute atomic E-state index is 0.0106. The first kappa shape index (κ1) is 24.7. The van der Waals surface area contributed by atoms with E-state index in [0.29, 0.717) is 24.3 Å². The summed E-state index contributed by atoms with van der Waals surface area (Å²) in [7, 11) is 1.80. The monoisotopic (exact) mass is 497 g/mol. The van der Waals surface area contributed by atoms with Crippen LogP contribution in [0.1, 0.15) is 52.2 Å². The van der Waals surface area contributed by atoms with Gasteiger partial charge in [0.05, 0.1) is 6.20 Å². The molecule has 1 aromatic carbocycles. The highest BCUT2D eigenvalue weighted by atomic mass is 32.2. The van der Waals surface area contributed by atoms with E-state index in [-0.39, 0.29) is 29.4 Å². The summed E-state index contributed by atoms with van der Waals surface area (Å²) in [5, 5.41) is 10.2. The topological polar surface area (TPSA) is 98.1 Å². The van der Waals surface area contributed by atoms with Gasteiger partial charge in [-0.1, -0.05) is 6.07 Å². The number of nitrogens with one attached hydrogen (secondary N) is 2. The highest BCUT2D eigenvalue weighted by Gasteiger charge is 2.26. The van der Waals surface area contributed by atoms with Crippen LogP contribution in [0.25, 0.3) is 0 Å². The maximum Gasteiger partial charge on any atom is 0.272 e. The quantitative estimate of drug-likeness (QED) is 0.474. The van der Waals surface area contributed by atoms with Crippen molar-refractivity contribution in [3.05, 3.63) is 65.4 Å². The molecular weight excluding hydrogens is 469 g/mol. The third-order valence-electron chi connectivity index (χ3n) is 6.06. The Balaban J connectivity index is 1.35. The summed E-state index contributed by atoms with van der Waals surface area (Å²) in [4.78, 5) is 30.5. The number of aromatic nitrogens is 3. The molecule has 35 heavy (non-hydrogen) atoms. The molecule has 0 aliphatic heterocycles. The van der Waals surface area contributed by atoms with Gasteiger partial charge in [-0.15, -0.1) is 11.8 Å². The van der Waals surface area contributed by atoms with Crippen molar-refractivity contribution in [3.8, 4) is 11.6 Å². The van der Waals surface area contributed by atoms with Crippen LogP contribution in [0.4, 0.5) is 4.39 Å². The number of thioether (sulfide) groups is 1. The van der Waals surface area contributed by atoms with E-state index in [0.717, 1.165) is 35.7 Å². The molecule has 2 N–H and O–H groups in total. The second-order valence-corrected chi connectivity index (χ2v) is 9.46. The summed E-state index contributed by atoms with van der Waals surface area (Å²) in [5.41, 5.74) is 1.35. The van der Waals surface area contributed by atoms with Crippen molar-refractivity contribution >= 4 is 23.6 Å². The third kappa shape index (κ3) is 6.19. The van der Waals surface area contributed by atoms with Crippen LogP contribution in [-0.4, -0.2) is 44.9 Å². The third-order valence-corrected chi connectivity index (χ3v) is 6.79. The Bertz CT molecular complexity index is 1200. The lowest BCUT2D eigenvalue weighted by Crippen LogP contribution is -2.44. The van der Waals surface area contributed by atoms with E-state index in [1.807, 2.05) is 31.4 Å². The van der Waals surface area contributed by atoms with Gasteiger partial charge in [0.15, 0.2) is 0 Å². The van der Waals surface area contributed by atoms with Crippen molar-refractivity contribution in [2.45, 2.75) is 49.6 Å². The second kappa shape index (κ2) is 10.9. The van der Waals surface area contributed by atoms with Gasteiger partial charge in [-0.05, 0) is 69.2 Å². The predicted molar refractivity (Wildman–Crippen MR) is 131 cm³/mol. The van der Waals surface area contributed by atoms with Crippen molar-refractivity contribution in [1.82, 2.24) is 25.4 Å². The van der Waals surface area contributed by atoms with Gasteiger partial charge in [0, 0.05) is 29.7 Å². The number of benzene rings is 1. The van der Waals surface area contributed by atoms with Gasteiger partial charge >= 0.3 is 0 Å². The smallest absolute Gasteiger partial charge is 0.272 e. The minimum atomic E-state index is -0.614. The lowest BCUT2D eigenvalue weighted by Gasteiger charge is -2.29. The number of halogens is 1. The van der Waals surface area contributed by atoms with Gasteiger partial charge in [0.25, 0.3) is 11.8 Å². The van der Waals surface area contributed by atoms with Gasteiger partial charge < -0.3 is 15.4 Å². The largest absolute Gasteiger partial charge is 0.438 e. The molecule has 1 fully saturated rings. The number of aryl methyl sites for hydroxylation is 2. The fraction of sp³-hybridized carbons (Fsp3) is 0.360. The van der Waals surface area contributed by atoms with Gasteiger partial charge in [0.2, 0.25) is 5.88 Å². The first-order valence-electron chi connectivity index (χ1n) is 11.4. The molecule has 1 aliphatic carbocycles. The Kier molecular flexibility index (Phi) is 7.70. The zero-order chi connectivity index (χ0) is 24.9. The van der Waals surface area contributed by atoms with Crippen LogP contribution >= 0.6 is 11.8 Å². The molecule has 0 atom stereocenters. The summed E-state index contributed by atoms with van der Waals surface area (Å²) in [5.74, 6) is -0.682. The summed E-state index contributed by atoms with van der Waals surface area (Å²) in [6, 6.07) is 10.2. The molecule has 0 unspecified atom stereocenters. The fourth-order valence-electron chi connectivity index (χ4n) is 4.02. The second-order valence-electron chi connectivity index (χ2n) is 8.58. The first-order chi connectivity index (χ1) is 16.8. The molecule has 4 rings (SSSR count). The van der Waals surface area contributed by atoms with E-state index in [4.69, 9.17) is 4.74 Å². The molecule has 10 heteroatoms. The van der Waals surface area contributed by atoms with E-state index in [1.54, 1.807) is 35.6 Å². The zero-order valence-electron chi connectivity index (χ0n) is 19.9. The molecule has 0 saturated heterocycles. The van der Waals surface area contributed by atoms with Crippen molar-refractivity contribution < 1.29 is 18.7 Å². The first-order valence-corrected chi connectivity index (χ1v) is 12.6. The van der Waals surface area contributed by atoms with Crippen LogP contribution in [0.2, 0.25) is 0 Å². The van der Waals surface area contributed by atoms with Crippen molar-refractivity contribution in [3.63, 3.8) is 0 Å². The van der Waals surface area contributed by atoms with Gasteiger partial charge in [-0.3, -0.25) is 14.3 Å². The molecule has 0 radical (unpaired) electrons. The van der Waals surface area contributed by atoms with Gasteiger partial charge in [-0.2, -0.15) is 5.10 Å². The number of amides is 2. The maximum atomic E-state index is 13.9. The Morgan fingerprint density at radius 2 is 1.77 bits per heavy atom. The molecule has 1 aliphatic rings. The number of ether oxygens (including phenoxy) is 1. The molecule has 0 spiro atoms. The standard InChI is InChI=1S/C25H28FN5O3S/c1-15-11-22(30-31(15)2)24(33)29-18-9-7-17(8-10-18)28-23(32)21-12-16(26)14-27-25(21)34-19-5-4-6-20(13-19)35-3/h4-6,11-14,17-18H,7-10H2,1-3H3,(H,28,32)(H,29,33). The van der Waals surface area contributed by atoms with E-state index in [9.17, 15) is 14.0 Å². The molecule has 3 aromatic rings. The summed E-state index contributed by atoms with van der Waals surface area (Å²) < 4.78 is 21.4. The van der Waals surface area contributed by atoms with E-state index >= 15 is 0 Å². The Morgan fingerprint density at radius 1 is 1.09 bits per heavy atom. The average molecular weight is 498 g/mol. The Labute approximate surface area is 207 Å². The van der Waals surface area contributed by atoms with Crippen LogP contribution in [-0.2, 0) is 7.05 Å². The number of nitrogens with zero attached hydrogens (tertiary/aromatic N) is 3. The van der Waals surface area contributed by atoms with Crippen LogP contribution < -0.4 is 15.4 Å². The van der Waals surface area contributed by atoms with Crippen molar-refractivity contribution in [2.24, 2.45) is 7.05 Å². The van der Waals surface area contributed by atoms with Gasteiger partial charge in [0.1, 0.15) is 22.8 Å². The lowest BCUT2D eigenvalue weighted by atomic mass is 9.91. The number of carbonyl (C=O) groups is 2. The van der Waals surface area contributed by atoms with Crippen LogP contribution in [0.15, 0.2) is 47.5 Å². The molecule has 8 nitrogen and oxygen atoms in total. The minimum Gasteiger partial charge on any atom is -0.438 e. The predicted octanol–water partition coefficient (Wildman–Crippen LogP) is 4.25. The number of hydrogen-bond acceptors (Lipinski definition) is 6. The van der Waals surface area contributed by atoms with Crippen molar-refractivity contribution in [1.29, 1.82) is 0 Å². The van der Waals surface area contributed by atoms with Gasteiger partial charge in [-0.25, -0.2) is 9.37 Å². The summed E-state index contributed by atoms with van der Waals surface area (Å²) in [6.07, 6.45) is 5.79. The molecule has 184 valence electrons. The number of hydrogen-bond donors (Lipinski definition) is 2. The summed E-state index contributed by atoms with van der Waals surface area (Å²) >= 11 is 1.56. The van der Waals surface area contributed by atoms with Crippen LogP contribution in [0, 0.1) is 12.7 Å². The number of pyridine rings is 1. The fourth-order valence-corrected chi connectivity index (χ4v) is 4.47. The SMILES string of the molecule is CSc1cccc(Oc2ncc(F)cc2C(=O)NC2CCC(NC(=O)c3cc(C)n(C)n3)CC2)c1. The van der Waals surface area contributed by atoms with Crippen molar-refractivity contribution in [2.75, 3.05) is 6.26 Å². The molecule has 2 amide bonds. The molecule has 2 aromatic heterocycles. The van der Waals surface area contributed by atoms with E-state index < -0.39 is 11.7 Å². The Hall–Kier alpha value is -3.40. The molecule has 2 heterocycles. The number of rotatable bonds is 7. The molecule has 1 saturated carbocycles. The van der Waals surface area contributed by atoms with E-state index in [2.05, 4.69) is 20.7 Å². The Morgan fingerprint density at radius 3 is 2.40 bits per heavy atom. The maximum absolute atomic E-state index is 13.9. The molecule has 0 bridgehead atoms. The van der Waals surface area contributed by atoms with Crippen LogP contribution in [0.5, 0.6) is 11.6 Å². The zero-order valence-corrected chi connectivity index (χ0v) is 20.7. The highest BCUT2D eigenvalue weighted by Crippen LogP contribution is 2.28.